The number of hydrogen-bond donors (Lipinski definition) is 2. The van der Waals surface area contributed by atoms with Gasteiger partial charge in [-0.15, -0.1) is 0 Å². The van der Waals surface area contributed by atoms with Gasteiger partial charge in [0.1, 0.15) is 0 Å². The minimum Gasteiger partial charge on any atom is -0.393 e. The lowest BCUT2D eigenvalue weighted by Gasteiger charge is -2.32. The molecule has 0 aliphatic carbocycles. The van der Waals surface area contributed by atoms with Gasteiger partial charge in [0.2, 0.25) is 0 Å². The van der Waals surface area contributed by atoms with Crippen LogP contribution >= 0.6 is 0 Å². The molecule has 1 unspecified atom stereocenters. The van der Waals surface area contributed by atoms with Crippen molar-refractivity contribution in [2.24, 2.45) is 5.92 Å². The molecule has 2 N–H and O–H groups in total. The third-order valence-corrected chi connectivity index (χ3v) is 3.77. The number of nitrogens with zero attached hydrogens (tertiary/aromatic N) is 1. The van der Waals surface area contributed by atoms with E-state index in [0.717, 1.165) is 13.0 Å². The van der Waals surface area contributed by atoms with Crippen LogP contribution in [0.1, 0.15) is 46.5 Å². The molecule has 0 radical (unpaired) electrons. The largest absolute Gasteiger partial charge is 0.393 e. The van der Waals surface area contributed by atoms with Crippen LogP contribution in [0.2, 0.25) is 0 Å². The predicted octanol–water partition coefficient (Wildman–Crippen LogP) is 1.86. The molecule has 1 atom stereocenters. The fourth-order valence-corrected chi connectivity index (χ4v) is 2.45. The van der Waals surface area contributed by atoms with E-state index in [9.17, 15) is 5.11 Å². The Kier molecular flexibility index (Phi) is 7.09. The molecule has 102 valence electrons. The third kappa shape index (κ3) is 5.84. The monoisotopic (exact) mass is 242 g/mol. The first-order valence-electron chi connectivity index (χ1n) is 7.27. The van der Waals surface area contributed by atoms with Crippen LogP contribution < -0.4 is 5.32 Å². The molecule has 3 heteroatoms. The van der Waals surface area contributed by atoms with Crippen LogP contribution in [0.5, 0.6) is 0 Å². The first-order chi connectivity index (χ1) is 8.13. The Morgan fingerprint density at radius 2 is 1.94 bits per heavy atom. The number of aliphatic hydroxyl groups is 1. The molecule has 1 fully saturated rings. The van der Waals surface area contributed by atoms with E-state index < -0.39 is 0 Å². The Morgan fingerprint density at radius 1 is 1.29 bits per heavy atom. The number of nitrogens with one attached hydrogen (secondary N) is 1. The molecule has 1 aliphatic heterocycles. The molecule has 0 spiro atoms. The molecule has 1 saturated heterocycles. The second kappa shape index (κ2) is 8.06. The Hall–Kier alpha value is -0.120. The van der Waals surface area contributed by atoms with Gasteiger partial charge in [-0.25, -0.2) is 0 Å². The number of rotatable bonds is 7. The normalized spacial score (nSPS) is 21.0. The van der Waals surface area contributed by atoms with Gasteiger partial charge in [-0.3, -0.25) is 0 Å². The van der Waals surface area contributed by atoms with Crippen molar-refractivity contribution in [2.45, 2.75) is 58.6 Å². The average molecular weight is 242 g/mol. The van der Waals surface area contributed by atoms with Crippen molar-refractivity contribution in [3.05, 3.63) is 0 Å². The second-order valence-electron chi connectivity index (χ2n) is 5.67. The predicted molar refractivity (Wildman–Crippen MR) is 73.2 cm³/mol. The molecule has 1 heterocycles. The van der Waals surface area contributed by atoms with Gasteiger partial charge in [-0.1, -0.05) is 20.8 Å². The van der Waals surface area contributed by atoms with E-state index in [-0.39, 0.29) is 6.10 Å². The molecule has 0 aromatic heterocycles. The summed E-state index contributed by atoms with van der Waals surface area (Å²) in [6.45, 7) is 11.1. The van der Waals surface area contributed by atoms with Crippen molar-refractivity contribution < 1.29 is 5.11 Å². The molecule has 3 nitrogen and oxygen atoms in total. The fourth-order valence-electron chi connectivity index (χ4n) is 2.45. The average Bonchev–Trinajstić information content (AvgIpc) is 2.31. The topological polar surface area (TPSA) is 35.5 Å². The Morgan fingerprint density at radius 3 is 2.47 bits per heavy atom. The number of likely N-dealkylation sites (tertiary alicyclic amines) is 1. The van der Waals surface area contributed by atoms with E-state index in [1.54, 1.807) is 0 Å². The molecule has 17 heavy (non-hydrogen) atoms. The van der Waals surface area contributed by atoms with Gasteiger partial charge in [0.25, 0.3) is 0 Å². The van der Waals surface area contributed by atoms with E-state index in [4.69, 9.17) is 0 Å². The van der Waals surface area contributed by atoms with Crippen molar-refractivity contribution in [3.63, 3.8) is 0 Å². The summed E-state index contributed by atoms with van der Waals surface area (Å²) in [7, 11) is 0. The highest BCUT2D eigenvalue weighted by Crippen LogP contribution is 2.11. The standard InChI is InChI=1S/C14H30N2O/c1-4-9-16-10-6-13(7-11-16)15-8-5-14(17)12(2)3/h12-15,17H,4-11H2,1-3H3. The van der Waals surface area contributed by atoms with Gasteiger partial charge >= 0.3 is 0 Å². The SMILES string of the molecule is CCCN1CCC(NCCC(O)C(C)C)CC1. The molecule has 0 saturated carbocycles. The first-order valence-corrected chi connectivity index (χ1v) is 7.27. The van der Waals surface area contributed by atoms with Crippen molar-refractivity contribution in [1.29, 1.82) is 0 Å². The van der Waals surface area contributed by atoms with Gasteiger partial charge < -0.3 is 15.3 Å². The Labute approximate surface area is 107 Å². The highest BCUT2D eigenvalue weighted by Gasteiger charge is 2.18. The molecule has 1 aliphatic rings. The number of aliphatic hydroxyl groups excluding tert-OH is 1. The smallest absolute Gasteiger partial charge is 0.0575 e. The van der Waals surface area contributed by atoms with Gasteiger partial charge in [0, 0.05) is 6.04 Å². The van der Waals surface area contributed by atoms with Gasteiger partial charge in [-0.2, -0.15) is 0 Å². The Bertz CT molecular complexity index is 189. The van der Waals surface area contributed by atoms with E-state index in [1.807, 2.05) is 0 Å². The summed E-state index contributed by atoms with van der Waals surface area (Å²) in [5.74, 6) is 0.378. The van der Waals surface area contributed by atoms with Crippen LogP contribution in [0.4, 0.5) is 0 Å². The molecule has 0 amide bonds. The highest BCUT2D eigenvalue weighted by atomic mass is 16.3. The summed E-state index contributed by atoms with van der Waals surface area (Å²) in [4.78, 5) is 2.56. The van der Waals surface area contributed by atoms with Crippen LogP contribution in [-0.4, -0.2) is 48.3 Å². The summed E-state index contributed by atoms with van der Waals surface area (Å²) in [6.07, 6.45) is 4.52. The first kappa shape index (κ1) is 14.9. The van der Waals surface area contributed by atoms with E-state index in [2.05, 4.69) is 31.0 Å². The minimum absolute atomic E-state index is 0.150. The van der Waals surface area contributed by atoms with Crippen LogP contribution in [0.3, 0.4) is 0 Å². The van der Waals surface area contributed by atoms with E-state index >= 15 is 0 Å². The van der Waals surface area contributed by atoms with Gasteiger partial charge in [-0.05, 0) is 57.8 Å². The zero-order valence-corrected chi connectivity index (χ0v) is 11.8. The lowest BCUT2D eigenvalue weighted by atomic mass is 10.0. The zero-order chi connectivity index (χ0) is 12.7. The molecular formula is C14H30N2O. The molecule has 0 bridgehead atoms. The molecule has 0 aromatic carbocycles. The number of piperidine rings is 1. The summed E-state index contributed by atoms with van der Waals surface area (Å²) >= 11 is 0. The summed E-state index contributed by atoms with van der Waals surface area (Å²) < 4.78 is 0. The summed E-state index contributed by atoms with van der Waals surface area (Å²) in [6, 6.07) is 0.669. The molecular weight excluding hydrogens is 212 g/mol. The fraction of sp³-hybridized carbons (Fsp3) is 1.00. The van der Waals surface area contributed by atoms with Crippen molar-refractivity contribution in [2.75, 3.05) is 26.2 Å². The van der Waals surface area contributed by atoms with Crippen LogP contribution in [0, 0.1) is 5.92 Å². The summed E-state index contributed by atoms with van der Waals surface area (Å²) in [5, 5.41) is 13.3. The van der Waals surface area contributed by atoms with Crippen LogP contribution in [0.25, 0.3) is 0 Å². The van der Waals surface area contributed by atoms with Crippen molar-refractivity contribution in [1.82, 2.24) is 10.2 Å². The van der Waals surface area contributed by atoms with E-state index in [1.165, 1.54) is 38.9 Å². The third-order valence-electron chi connectivity index (χ3n) is 3.77. The molecule has 1 rings (SSSR count). The van der Waals surface area contributed by atoms with Crippen LogP contribution in [-0.2, 0) is 0 Å². The van der Waals surface area contributed by atoms with Crippen molar-refractivity contribution >= 4 is 0 Å². The second-order valence-corrected chi connectivity index (χ2v) is 5.67. The van der Waals surface area contributed by atoms with Crippen molar-refractivity contribution in [3.8, 4) is 0 Å². The maximum Gasteiger partial charge on any atom is 0.0575 e. The maximum atomic E-state index is 9.72. The molecule has 0 aromatic rings. The number of hydrogen-bond acceptors (Lipinski definition) is 3. The maximum absolute atomic E-state index is 9.72. The minimum atomic E-state index is -0.150. The quantitative estimate of drug-likeness (QED) is 0.715. The van der Waals surface area contributed by atoms with Crippen LogP contribution in [0.15, 0.2) is 0 Å². The zero-order valence-electron chi connectivity index (χ0n) is 11.8. The Balaban J connectivity index is 2.06. The summed E-state index contributed by atoms with van der Waals surface area (Å²) in [5.41, 5.74) is 0. The van der Waals surface area contributed by atoms with Gasteiger partial charge in [0.05, 0.1) is 6.10 Å². The lowest BCUT2D eigenvalue weighted by molar-refractivity contribution is 0.113. The van der Waals surface area contributed by atoms with Gasteiger partial charge in [0.15, 0.2) is 0 Å². The van der Waals surface area contributed by atoms with E-state index in [0.29, 0.717) is 12.0 Å². The lowest BCUT2D eigenvalue weighted by Crippen LogP contribution is -2.43. The highest BCUT2D eigenvalue weighted by molar-refractivity contribution is 4.77.